The van der Waals surface area contributed by atoms with Crippen molar-refractivity contribution in [2.45, 2.75) is 57.1 Å². The van der Waals surface area contributed by atoms with E-state index in [1.54, 1.807) is 6.07 Å². The molecule has 1 N–H and O–H groups in total. The highest BCUT2D eigenvalue weighted by Gasteiger charge is 2.21. The van der Waals surface area contributed by atoms with E-state index in [9.17, 15) is 4.79 Å². The number of nitrogens with zero attached hydrogens (tertiary/aromatic N) is 3. The van der Waals surface area contributed by atoms with Crippen LogP contribution in [-0.4, -0.2) is 26.4 Å². The molecule has 0 saturated heterocycles. The van der Waals surface area contributed by atoms with E-state index in [2.05, 4.69) is 20.1 Å². The quantitative estimate of drug-likeness (QED) is 0.760. The number of anilines is 1. The van der Waals surface area contributed by atoms with Gasteiger partial charge in [0.15, 0.2) is 5.16 Å². The van der Waals surface area contributed by atoms with Crippen molar-refractivity contribution in [2.75, 3.05) is 11.1 Å². The Bertz CT molecular complexity index is 756. The highest BCUT2D eigenvalue weighted by Crippen LogP contribution is 2.32. The van der Waals surface area contributed by atoms with E-state index in [1.165, 1.54) is 43.9 Å². The Hall–Kier alpha value is -1.53. The van der Waals surface area contributed by atoms with Crippen molar-refractivity contribution >= 4 is 35.0 Å². The van der Waals surface area contributed by atoms with Crippen molar-refractivity contribution in [2.24, 2.45) is 0 Å². The van der Waals surface area contributed by atoms with E-state index >= 15 is 0 Å². The van der Waals surface area contributed by atoms with E-state index < -0.39 is 0 Å². The normalized spacial score (nSPS) is 15.3. The molecule has 1 aliphatic rings. The van der Waals surface area contributed by atoms with Gasteiger partial charge < -0.3 is 9.88 Å². The van der Waals surface area contributed by atoms with Crippen molar-refractivity contribution in [1.82, 2.24) is 14.8 Å². The molecule has 0 spiro atoms. The summed E-state index contributed by atoms with van der Waals surface area (Å²) in [4.78, 5) is 12.3. The second kappa shape index (κ2) is 8.23. The Labute approximate surface area is 157 Å². The molecule has 0 atom stereocenters. The van der Waals surface area contributed by atoms with Gasteiger partial charge >= 0.3 is 0 Å². The molecule has 0 bridgehead atoms. The number of rotatable bonds is 5. The summed E-state index contributed by atoms with van der Waals surface area (Å²) < 4.78 is 2.21. The molecule has 1 heterocycles. The fourth-order valence-electron chi connectivity index (χ4n) is 3.29. The monoisotopic (exact) mass is 378 g/mol. The van der Waals surface area contributed by atoms with Gasteiger partial charge in [0.25, 0.3) is 0 Å². The summed E-state index contributed by atoms with van der Waals surface area (Å²) in [5.74, 6) is 1.20. The summed E-state index contributed by atoms with van der Waals surface area (Å²) in [7, 11) is 0. The molecule has 0 aliphatic heterocycles. The first-order chi connectivity index (χ1) is 12.0. The smallest absolute Gasteiger partial charge is 0.234 e. The number of aromatic nitrogens is 3. The zero-order valence-corrected chi connectivity index (χ0v) is 16.2. The average Bonchev–Trinajstić information content (AvgIpc) is 2.97. The number of carbonyl (C=O) groups excluding carboxylic acids is 1. The minimum atomic E-state index is -0.0498. The fourth-order valence-corrected chi connectivity index (χ4v) is 4.37. The van der Waals surface area contributed by atoms with Crippen LogP contribution in [0.1, 0.15) is 49.5 Å². The van der Waals surface area contributed by atoms with Crippen LogP contribution < -0.4 is 5.32 Å². The Morgan fingerprint density at radius 1 is 1.28 bits per heavy atom. The lowest BCUT2D eigenvalue weighted by molar-refractivity contribution is -0.113. The predicted octanol–water partition coefficient (Wildman–Crippen LogP) is 4.78. The number of halogens is 1. The van der Waals surface area contributed by atoms with Gasteiger partial charge in [-0.05, 0) is 50.5 Å². The largest absolute Gasteiger partial charge is 0.325 e. The predicted molar refractivity (Wildman–Crippen MR) is 102 cm³/mol. The van der Waals surface area contributed by atoms with Gasteiger partial charge in [-0.1, -0.05) is 42.6 Å². The third-order valence-electron chi connectivity index (χ3n) is 4.57. The molecule has 134 valence electrons. The third-order valence-corrected chi connectivity index (χ3v) is 5.75. The van der Waals surface area contributed by atoms with Crippen molar-refractivity contribution in [3.05, 3.63) is 34.6 Å². The van der Waals surface area contributed by atoms with E-state index in [0.717, 1.165) is 22.2 Å². The van der Waals surface area contributed by atoms with Crippen molar-refractivity contribution < 1.29 is 4.79 Å². The maximum absolute atomic E-state index is 12.3. The summed E-state index contributed by atoms with van der Waals surface area (Å²) in [5, 5.41) is 12.9. The Kier molecular flexibility index (Phi) is 6.02. The molecule has 0 radical (unpaired) electrons. The molecule has 1 aliphatic carbocycles. The molecule has 0 unspecified atom stereocenters. The fraction of sp³-hybridized carbons (Fsp3) is 0.500. The number of aryl methyl sites for hydroxylation is 2. The van der Waals surface area contributed by atoms with Gasteiger partial charge in [-0.15, -0.1) is 10.2 Å². The van der Waals surface area contributed by atoms with E-state index in [4.69, 9.17) is 11.6 Å². The lowest BCUT2D eigenvalue weighted by atomic mass is 9.95. The van der Waals surface area contributed by atoms with Gasteiger partial charge in [0.2, 0.25) is 5.91 Å². The lowest BCUT2D eigenvalue weighted by Gasteiger charge is -2.24. The minimum absolute atomic E-state index is 0.0498. The first kappa shape index (κ1) is 18.3. The molecule has 25 heavy (non-hydrogen) atoms. The zero-order chi connectivity index (χ0) is 17.8. The second-order valence-electron chi connectivity index (χ2n) is 6.49. The van der Waals surface area contributed by atoms with Crippen LogP contribution in [0.5, 0.6) is 0 Å². The number of benzene rings is 1. The highest BCUT2D eigenvalue weighted by molar-refractivity contribution is 7.99. The molecule has 1 aromatic carbocycles. The molecular formula is C18H23ClN4OS. The molecule has 1 aromatic heterocycles. The second-order valence-corrected chi connectivity index (χ2v) is 7.87. The Balaban J connectivity index is 1.62. The number of amides is 1. The van der Waals surface area contributed by atoms with Crippen LogP contribution in [0.25, 0.3) is 0 Å². The minimum Gasteiger partial charge on any atom is -0.325 e. The number of hydrogen-bond donors (Lipinski definition) is 1. The summed E-state index contributed by atoms with van der Waals surface area (Å²) in [6.07, 6.45) is 6.15. The number of hydrogen-bond acceptors (Lipinski definition) is 4. The lowest BCUT2D eigenvalue weighted by Crippen LogP contribution is -2.17. The van der Waals surface area contributed by atoms with Crippen molar-refractivity contribution in [1.29, 1.82) is 0 Å². The summed E-state index contributed by atoms with van der Waals surface area (Å²) >= 11 is 7.40. The average molecular weight is 379 g/mol. The molecule has 1 saturated carbocycles. The number of thioether (sulfide) groups is 1. The van der Waals surface area contributed by atoms with Crippen molar-refractivity contribution in [3.8, 4) is 0 Å². The third kappa shape index (κ3) is 4.55. The first-order valence-electron chi connectivity index (χ1n) is 8.65. The zero-order valence-electron chi connectivity index (χ0n) is 14.6. The van der Waals surface area contributed by atoms with Gasteiger partial charge in [0.1, 0.15) is 5.82 Å². The molecule has 1 amide bonds. The van der Waals surface area contributed by atoms with Crippen LogP contribution in [0.3, 0.4) is 0 Å². The van der Waals surface area contributed by atoms with E-state index in [1.807, 2.05) is 26.0 Å². The van der Waals surface area contributed by atoms with Crippen LogP contribution in [-0.2, 0) is 4.79 Å². The number of nitrogens with one attached hydrogen (secondary N) is 1. The van der Waals surface area contributed by atoms with Crippen LogP contribution in [0.15, 0.2) is 23.4 Å². The standard InChI is InChI=1S/C18H23ClN4OS/c1-12-10-14(19)8-9-16(12)20-17(24)11-25-18-22-21-13(2)23(18)15-6-4-3-5-7-15/h8-10,15H,3-7,11H2,1-2H3,(H,20,24). The molecule has 5 nitrogen and oxygen atoms in total. The summed E-state index contributed by atoms with van der Waals surface area (Å²) in [5.41, 5.74) is 1.74. The molecule has 7 heteroatoms. The summed E-state index contributed by atoms with van der Waals surface area (Å²) in [6.45, 7) is 3.92. The van der Waals surface area contributed by atoms with E-state index in [-0.39, 0.29) is 5.91 Å². The first-order valence-corrected chi connectivity index (χ1v) is 10.0. The Morgan fingerprint density at radius 2 is 2.04 bits per heavy atom. The van der Waals surface area contributed by atoms with Gasteiger partial charge in [-0.2, -0.15) is 0 Å². The topological polar surface area (TPSA) is 59.8 Å². The molecule has 2 aromatic rings. The van der Waals surface area contributed by atoms with Gasteiger partial charge in [0, 0.05) is 16.8 Å². The number of carbonyl (C=O) groups is 1. The Morgan fingerprint density at radius 3 is 2.76 bits per heavy atom. The molecule has 1 fully saturated rings. The van der Waals surface area contributed by atoms with Crippen molar-refractivity contribution in [3.63, 3.8) is 0 Å². The van der Waals surface area contributed by atoms with Gasteiger partial charge in [-0.3, -0.25) is 4.79 Å². The molecular weight excluding hydrogens is 356 g/mol. The SMILES string of the molecule is Cc1cc(Cl)ccc1NC(=O)CSc1nnc(C)n1C1CCCCC1. The van der Waals surface area contributed by atoms with Crippen LogP contribution in [0.2, 0.25) is 5.02 Å². The summed E-state index contributed by atoms with van der Waals surface area (Å²) in [6, 6.07) is 5.91. The highest BCUT2D eigenvalue weighted by atomic mass is 35.5. The van der Waals surface area contributed by atoms with Crippen LogP contribution in [0, 0.1) is 13.8 Å². The molecule has 3 rings (SSSR count). The van der Waals surface area contributed by atoms with Gasteiger partial charge in [0.05, 0.1) is 5.75 Å². The van der Waals surface area contributed by atoms with Crippen LogP contribution >= 0.6 is 23.4 Å². The van der Waals surface area contributed by atoms with Crippen LogP contribution in [0.4, 0.5) is 5.69 Å². The van der Waals surface area contributed by atoms with E-state index in [0.29, 0.717) is 16.8 Å². The maximum Gasteiger partial charge on any atom is 0.234 e. The maximum atomic E-state index is 12.3. The van der Waals surface area contributed by atoms with Gasteiger partial charge in [-0.25, -0.2) is 0 Å².